The number of carbonyl (C=O) groups is 3. The van der Waals surface area contributed by atoms with Crippen molar-refractivity contribution in [3.05, 3.63) is 102 Å². The number of hydrogen-bond acceptors (Lipinski definition) is 7. The van der Waals surface area contributed by atoms with Gasteiger partial charge in [-0.1, -0.05) is 72.8 Å². The predicted molar refractivity (Wildman–Crippen MR) is 143 cm³/mol. The van der Waals surface area contributed by atoms with Gasteiger partial charge >= 0.3 is 11.9 Å². The highest BCUT2D eigenvalue weighted by atomic mass is 32.2. The first-order chi connectivity index (χ1) is 18.8. The van der Waals surface area contributed by atoms with E-state index in [0.29, 0.717) is 19.4 Å². The van der Waals surface area contributed by atoms with Crippen LogP contribution in [0.15, 0.2) is 89.8 Å². The van der Waals surface area contributed by atoms with Gasteiger partial charge in [-0.25, -0.2) is 18.0 Å². The van der Waals surface area contributed by atoms with Crippen LogP contribution in [0.2, 0.25) is 0 Å². The van der Waals surface area contributed by atoms with E-state index in [9.17, 15) is 22.8 Å². The Hall–Kier alpha value is -4.02. The van der Waals surface area contributed by atoms with Crippen LogP contribution in [0.3, 0.4) is 0 Å². The number of carbonyl (C=O) groups excluding carboxylic acids is 3. The number of amides is 1. The molecule has 1 N–H and O–H groups in total. The van der Waals surface area contributed by atoms with Crippen molar-refractivity contribution in [2.75, 3.05) is 6.54 Å². The number of ether oxygens (including phenoxy) is 2. The minimum atomic E-state index is -4.29. The molecule has 9 nitrogen and oxygen atoms in total. The van der Waals surface area contributed by atoms with Gasteiger partial charge in [0.05, 0.1) is 16.5 Å². The Morgan fingerprint density at radius 3 is 2.08 bits per heavy atom. The number of esters is 2. The second-order valence-corrected chi connectivity index (χ2v) is 10.9. The summed E-state index contributed by atoms with van der Waals surface area (Å²) in [4.78, 5) is 39.8. The fraction of sp³-hybridized carbons (Fsp3) is 0.276. The monoisotopic (exact) mass is 550 g/mol. The Balaban J connectivity index is 1.41. The minimum Gasteiger partial charge on any atom is -0.459 e. The Bertz CT molecular complexity index is 1410. The molecule has 1 saturated heterocycles. The van der Waals surface area contributed by atoms with E-state index >= 15 is 0 Å². The molecule has 2 atom stereocenters. The van der Waals surface area contributed by atoms with Crippen LogP contribution in [0, 0.1) is 0 Å². The zero-order valence-corrected chi connectivity index (χ0v) is 22.3. The molecule has 39 heavy (non-hydrogen) atoms. The summed E-state index contributed by atoms with van der Waals surface area (Å²) < 4.78 is 39.6. The summed E-state index contributed by atoms with van der Waals surface area (Å²) in [6.45, 7) is 1.77. The van der Waals surface area contributed by atoms with Crippen LogP contribution in [0.4, 0.5) is 0 Å². The van der Waals surface area contributed by atoms with E-state index in [2.05, 4.69) is 4.72 Å². The quantitative estimate of drug-likeness (QED) is 0.384. The number of sulfonamides is 1. The summed E-state index contributed by atoms with van der Waals surface area (Å²) in [5, 5.41) is 0. The summed E-state index contributed by atoms with van der Waals surface area (Å²) in [5.74, 6) is -1.90. The molecule has 4 rings (SSSR count). The minimum absolute atomic E-state index is 0.0207. The highest BCUT2D eigenvalue weighted by Gasteiger charge is 2.38. The fourth-order valence-electron chi connectivity index (χ4n) is 4.37. The Morgan fingerprint density at radius 2 is 1.44 bits per heavy atom. The van der Waals surface area contributed by atoms with Crippen molar-refractivity contribution in [2.24, 2.45) is 0 Å². The lowest BCUT2D eigenvalue weighted by Gasteiger charge is -2.26. The van der Waals surface area contributed by atoms with Crippen molar-refractivity contribution >= 4 is 27.9 Å². The third kappa shape index (κ3) is 7.10. The van der Waals surface area contributed by atoms with E-state index in [1.54, 1.807) is 24.3 Å². The fourth-order valence-corrected chi connectivity index (χ4v) is 5.76. The second kappa shape index (κ2) is 12.7. The van der Waals surface area contributed by atoms with E-state index in [1.165, 1.54) is 36.1 Å². The molecule has 10 heteroatoms. The lowest BCUT2D eigenvalue weighted by atomic mass is 10.2. The number of hydrogen-bond donors (Lipinski definition) is 1. The molecular formula is C29H30N2O7S. The molecule has 1 amide bonds. The Kier molecular flexibility index (Phi) is 9.11. The normalized spacial score (nSPS) is 15.9. The first kappa shape index (κ1) is 28.0. The Morgan fingerprint density at radius 1 is 0.872 bits per heavy atom. The average molecular weight is 551 g/mol. The van der Waals surface area contributed by atoms with Gasteiger partial charge in [0.25, 0.3) is 0 Å². The highest BCUT2D eigenvalue weighted by molar-refractivity contribution is 7.89. The summed E-state index contributed by atoms with van der Waals surface area (Å²) in [5.41, 5.74) is 1.43. The van der Waals surface area contributed by atoms with E-state index in [1.807, 2.05) is 36.4 Å². The SMILES string of the molecule is C[C@H](NS(=O)(=O)c1ccccc1C(=O)OCc1ccccc1)C(=O)N1CCC[C@H]1C(=O)OCc1ccccc1. The van der Waals surface area contributed by atoms with E-state index < -0.39 is 40.0 Å². The molecule has 3 aromatic carbocycles. The lowest BCUT2D eigenvalue weighted by molar-refractivity contribution is -0.154. The van der Waals surface area contributed by atoms with Gasteiger partial charge in [-0.15, -0.1) is 0 Å². The standard InChI is InChI=1S/C29H30N2O7S/c1-21(27(32)31-18-10-16-25(31)29(34)38-20-23-13-6-3-7-14-23)30-39(35,36)26-17-9-8-15-24(26)28(33)37-19-22-11-4-2-5-12-22/h2-9,11-15,17,21,25,30H,10,16,18-20H2,1H3/t21-,25-/m0/s1. The van der Waals surface area contributed by atoms with Gasteiger partial charge in [0.1, 0.15) is 19.3 Å². The molecule has 1 aliphatic rings. The third-order valence-corrected chi connectivity index (χ3v) is 7.94. The molecule has 3 aromatic rings. The number of nitrogens with zero attached hydrogens (tertiary/aromatic N) is 1. The summed E-state index contributed by atoms with van der Waals surface area (Å²) in [7, 11) is -4.29. The first-order valence-corrected chi connectivity index (χ1v) is 14.1. The van der Waals surface area contributed by atoms with Crippen molar-refractivity contribution in [3.63, 3.8) is 0 Å². The zero-order valence-electron chi connectivity index (χ0n) is 21.5. The van der Waals surface area contributed by atoms with Crippen LogP contribution in [-0.2, 0) is 42.3 Å². The van der Waals surface area contributed by atoms with E-state index in [4.69, 9.17) is 9.47 Å². The van der Waals surface area contributed by atoms with Crippen LogP contribution in [0.1, 0.15) is 41.3 Å². The molecule has 1 fully saturated rings. The zero-order chi connectivity index (χ0) is 27.8. The van der Waals surface area contributed by atoms with Crippen LogP contribution in [0.5, 0.6) is 0 Å². The predicted octanol–water partition coefficient (Wildman–Crippen LogP) is 3.44. The maximum absolute atomic E-state index is 13.3. The molecule has 1 aliphatic heterocycles. The van der Waals surface area contributed by atoms with E-state index in [-0.39, 0.29) is 23.7 Å². The third-order valence-electron chi connectivity index (χ3n) is 6.34. The molecule has 0 saturated carbocycles. The number of nitrogens with one attached hydrogen (secondary N) is 1. The van der Waals surface area contributed by atoms with Crippen LogP contribution < -0.4 is 4.72 Å². The molecule has 204 valence electrons. The Labute approximate surface area is 227 Å². The highest BCUT2D eigenvalue weighted by Crippen LogP contribution is 2.22. The van der Waals surface area contributed by atoms with Crippen LogP contribution in [-0.4, -0.2) is 49.8 Å². The maximum Gasteiger partial charge on any atom is 0.339 e. The molecule has 0 unspecified atom stereocenters. The van der Waals surface area contributed by atoms with Gasteiger partial charge in [0.2, 0.25) is 15.9 Å². The molecule has 0 aromatic heterocycles. The molecule has 0 spiro atoms. The van der Waals surface area contributed by atoms with Gasteiger partial charge < -0.3 is 14.4 Å². The van der Waals surface area contributed by atoms with Crippen molar-refractivity contribution < 1.29 is 32.3 Å². The van der Waals surface area contributed by atoms with Crippen molar-refractivity contribution in [1.29, 1.82) is 0 Å². The molecule has 0 aliphatic carbocycles. The summed E-state index contributed by atoms with van der Waals surface area (Å²) in [6, 6.07) is 21.9. The van der Waals surface area contributed by atoms with Gasteiger partial charge in [-0.2, -0.15) is 4.72 Å². The molecule has 1 heterocycles. The second-order valence-electron chi connectivity index (χ2n) is 9.18. The smallest absolute Gasteiger partial charge is 0.339 e. The van der Waals surface area contributed by atoms with Crippen molar-refractivity contribution in [3.8, 4) is 0 Å². The average Bonchev–Trinajstić information content (AvgIpc) is 3.45. The first-order valence-electron chi connectivity index (χ1n) is 12.6. The summed E-state index contributed by atoms with van der Waals surface area (Å²) >= 11 is 0. The van der Waals surface area contributed by atoms with Crippen molar-refractivity contribution in [2.45, 2.75) is 50.0 Å². The van der Waals surface area contributed by atoms with E-state index in [0.717, 1.165) is 11.1 Å². The van der Waals surface area contributed by atoms with Crippen LogP contribution >= 0.6 is 0 Å². The van der Waals surface area contributed by atoms with Gasteiger partial charge in [-0.05, 0) is 43.0 Å². The van der Waals surface area contributed by atoms with Gasteiger partial charge in [0.15, 0.2) is 0 Å². The maximum atomic E-state index is 13.3. The van der Waals surface area contributed by atoms with Crippen molar-refractivity contribution in [1.82, 2.24) is 9.62 Å². The largest absolute Gasteiger partial charge is 0.459 e. The molecule has 0 bridgehead atoms. The lowest BCUT2D eigenvalue weighted by Crippen LogP contribution is -2.50. The number of likely N-dealkylation sites (tertiary alicyclic amines) is 1. The van der Waals surface area contributed by atoms with Gasteiger partial charge in [-0.3, -0.25) is 4.79 Å². The van der Waals surface area contributed by atoms with Gasteiger partial charge in [0, 0.05) is 6.54 Å². The number of benzene rings is 3. The molecular weight excluding hydrogens is 520 g/mol. The summed E-state index contributed by atoms with van der Waals surface area (Å²) in [6.07, 6.45) is 1.02. The topological polar surface area (TPSA) is 119 Å². The molecule has 0 radical (unpaired) electrons. The number of rotatable bonds is 10. The van der Waals surface area contributed by atoms with Crippen LogP contribution in [0.25, 0.3) is 0 Å².